The standard InChI is InChI=1S/C18H25N3O5/c1-18(2,3)26-17(23)20-10-8-14(9-11-20)16(22)19-12-13-4-6-15(7-5-13)21(24)25/h4-7,14H,8-12H2,1-3H3,(H,19,22). The van der Waals surface area contributed by atoms with Crippen molar-refractivity contribution in [2.75, 3.05) is 13.1 Å². The first-order chi connectivity index (χ1) is 12.2. The summed E-state index contributed by atoms with van der Waals surface area (Å²) in [6, 6.07) is 6.09. The Hall–Kier alpha value is -2.64. The first kappa shape index (κ1) is 19.7. The lowest BCUT2D eigenvalue weighted by Crippen LogP contribution is -2.44. The number of hydrogen-bond donors (Lipinski definition) is 1. The summed E-state index contributed by atoms with van der Waals surface area (Å²) in [5.41, 5.74) is 0.292. The molecule has 0 bridgehead atoms. The average molecular weight is 363 g/mol. The zero-order chi connectivity index (χ0) is 19.3. The quantitative estimate of drug-likeness (QED) is 0.655. The first-order valence-electron chi connectivity index (χ1n) is 8.64. The Morgan fingerprint density at radius 1 is 1.23 bits per heavy atom. The molecule has 0 unspecified atom stereocenters. The second-order valence-electron chi connectivity index (χ2n) is 7.38. The minimum atomic E-state index is -0.532. The molecule has 0 saturated carbocycles. The highest BCUT2D eigenvalue weighted by molar-refractivity contribution is 5.79. The molecule has 0 spiro atoms. The number of carbonyl (C=O) groups excluding carboxylic acids is 2. The fraction of sp³-hybridized carbons (Fsp3) is 0.556. The van der Waals surface area contributed by atoms with Gasteiger partial charge < -0.3 is 15.0 Å². The molecule has 1 aromatic carbocycles. The van der Waals surface area contributed by atoms with E-state index in [-0.39, 0.29) is 23.6 Å². The van der Waals surface area contributed by atoms with Crippen molar-refractivity contribution in [1.29, 1.82) is 0 Å². The average Bonchev–Trinajstić information content (AvgIpc) is 2.58. The van der Waals surface area contributed by atoms with Gasteiger partial charge in [-0.2, -0.15) is 0 Å². The number of nitro groups is 1. The Morgan fingerprint density at radius 2 is 1.81 bits per heavy atom. The SMILES string of the molecule is CC(C)(C)OC(=O)N1CCC(C(=O)NCc2ccc([N+](=O)[O-])cc2)CC1. The first-order valence-corrected chi connectivity index (χ1v) is 8.64. The molecule has 0 radical (unpaired) electrons. The molecule has 2 amide bonds. The minimum Gasteiger partial charge on any atom is -0.444 e. The van der Waals surface area contributed by atoms with Crippen LogP contribution in [0.2, 0.25) is 0 Å². The fourth-order valence-corrected chi connectivity index (χ4v) is 2.72. The summed E-state index contributed by atoms with van der Waals surface area (Å²) >= 11 is 0. The van der Waals surface area contributed by atoms with E-state index in [2.05, 4.69) is 5.32 Å². The highest BCUT2D eigenvalue weighted by Crippen LogP contribution is 2.20. The zero-order valence-corrected chi connectivity index (χ0v) is 15.4. The molecular formula is C18H25N3O5. The number of hydrogen-bond acceptors (Lipinski definition) is 5. The van der Waals surface area contributed by atoms with Gasteiger partial charge in [0.15, 0.2) is 0 Å². The predicted octanol–water partition coefficient (Wildman–Crippen LogP) is 2.86. The van der Waals surface area contributed by atoms with Crippen molar-refractivity contribution in [3.63, 3.8) is 0 Å². The topological polar surface area (TPSA) is 102 Å². The molecule has 26 heavy (non-hydrogen) atoms. The highest BCUT2D eigenvalue weighted by atomic mass is 16.6. The molecule has 1 fully saturated rings. The van der Waals surface area contributed by atoms with Gasteiger partial charge >= 0.3 is 6.09 Å². The van der Waals surface area contributed by atoms with Crippen molar-refractivity contribution >= 4 is 17.7 Å². The number of nitrogens with one attached hydrogen (secondary N) is 1. The number of amides is 2. The van der Waals surface area contributed by atoms with Gasteiger partial charge in [0.25, 0.3) is 5.69 Å². The van der Waals surface area contributed by atoms with Crippen LogP contribution in [-0.2, 0) is 16.1 Å². The maximum Gasteiger partial charge on any atom is 0.410 e. The van der Waals surface area contributed by atoms with Crippen LogP contribution in [0, 0.1) is 16.0 Å². The van der Waals surface area contributed by atoms with Crippen LogP contribution in [0.4, 0.5) is 10.5 Å². The van der Waals surface area contributed by atoms with Gasteiger partial charge in [-0.05, 0) is 39.2 Å². The second-order valence-corrected chi connectivity index (χ2v) is 7.38. The van der Waals surface area contributed by atoms with E-state index in [9.17, 15) is 19.7 Å². The van der Waals surface area contributed by atoms with Crippen LogP contribution in [-0.4, -0.2) is 40.5 Å². The molecule has 8 heteroatoms. The Balaban J connectivity index is 1.77. The van der Waals surface area contributed by atoms with Gasteiger partial charge in [0, 0.05) is 37.7 Å². The second kappa shape index (κ2) is 8.16. The third kappa shape index (κ3) is 5.72. The lowest BCUT2D eigenvalue weighted by atomic mass is 9.96. The summed E-state index contributed by atoms with van der Waals surface area (Å²) in [6.45, 7) is 6.77. The molecule has 0 aromatic heterocycles. The maximum atomic E-state index is 12.3. The van der Waals surface area contributed by atoms with Gasteiger partial charge in [-0.15, -0.1) is 0 Å². The number of rotatable bonds is 4. The van der Waals surface area contributed by atoms with E-state index in [0.29, 0.717) is 32.5 Å². The molecule has 1 N–H and O–H groups in total. The third-order valence-corrected chi connectivity index (χ3v) is 4.13. The molecule has 1 heterocycles. The number of nitro benzene ring substituents is 1. The van der Waals surface area contributed by atoms with Gasteiger partial charge in [0.2, 0.25) is 5.91 Å². The van der Waals surface area contributed by atoms with Crippen LogP contribution < -0.4 is 5.32 Å². The van der Waals surface area contributed by atoms with Crippen molar-refractivity contribution in [2.45, 2.75) is 45.8 Å². The number of likely N-dealkylation sites (tertiary alicyclic amines) is 1. The van der Waals surface area contributed by atoms with Crippen molar-refractivity contribution in [3.05, 3.63) is 39.9 Å². The molecule has 1 saturated heterocycles. The summed E-state index contributed by atoms with van der Waals surface area (Å²) in [4.78, 5) is 36.1. The summed E-state index contributed by atoms with van der Waals surface area (Å²) in [6.07, 6.45) is 0.832. The van der Waals surface area contributed by atoms with E-state index in [1.54, 1.807) is 17.0 Å². The summed E-state index contributed by atoms with van der Waals surface area (Å²) in [5, 5.41) is 13.5. The van der Waals surface area contributed by atoms with Crippen molar-refractivity contribution < 1.29 is 19.2 Å². The molecule has 142 valence electrons. The zero-order valence-electron chi connectivity index (χ0n) is 15.4. The Labute approximate surface area is 152 Å². The smallest absolute Gasteiger partial charge is 0.410 e. The number of benzene rings is 1. The van der Waals surface area contributed by atoms with E-state index in [4.69, 9.17) is 4.74 Å². The maximum absolute atomic E-state index is 12.3. The number of non-ortho nitro benzene ring substituents is 1. The van der Waals surface area contributed by atoms with E-state index < -0.39 is 10.5 Å². The number of piperidine rings is 1. The van der Waals surface area contributed by atoms with Gasteiger partial charge in [0.1, 0.15) is 5.60 Å². The molecule has 8 nitrogen and oxygen atoms in total. The molecular weight excluding hydrogens is 338 g/mol. The molecule has 0 aliphatic carbocycles. The van der Waals surface area contributed by atoms with Crippen LogP contribution in [0.1, 0.15) is 39.2 Å². The summed E-state index contributed by atoms with van der Waals surface area (Å²) in [5.74, 6) is -0.209. The third-order valence-electron chi connectivity index (χ3n) is 4.13. The van der Waals surface area contributed by atoms with Gasteiger partial charge in [0.05, 0.1) is 4.92 Å². The Morgan fingerprint density at radius 3 is 2.31 bits per heavy atom. The van der Waals surface area contributed by atoms with E-state index in [1.165, 1.54) is 12.1 Å². The van der Waals surface area contributed by atoms with Gasteiger partial charge in [-0.1, -0.05) is 12.1 Å². The summed E-state index contributed by atoms with van der Waals surface area (Å²) in [7, 11) is 0. The predicted molar refractivity (Wildman–Crippen MR) is 95.5 cm³/mol. The number of nitrogens with zero attached hydrogens (tertiary/aromatic N) is 2. The van der Waals surface area contributed by atoms with E-state index in [0.717, 1.165) is 5.56 Å². The fourth-order valence-electron chi connectivity index (χ4n) is 2.72. The monoisotopic (exact) mass is 363 g/mol. The molecule has 1 aromatic rings. The minimum absolute atomic E-state index is 0.0228. The van der Waals surface area contributed by atoms with Crippen molar-refractivity contribution in [3.8, 4) is 0 Å². The van der Waals surface area contributed by atoms with Crippen LogP contribution in [0.15, 0.2) is 24.3 Å². The van der Waals surface area contributed by atoms with Gasteiger partial charge in [-0.25, -0.2) is 4.79 Å². The molecule has 1 aliphatic heterocycles. The number of carbonyl (C=O) groups is 2. The summed E-state index contributed by atoms with van der Waals surface area (Å²) < 4.78 is 5.34. The lowest BCUT2D eigenvalue weighted by Gasteiger charge is -2.32. The van der Waals surface area contributed by atoms with Crippen molar-refractivity contribution in [2.24, 2.45) is 5.92 Å². The molecule has 0 atom stereocenters. The Kier molecular flexibility index (Phi) is 6.18. The molecule has 1 aliphatic rings. The Bertz CT molecular complexity index is 658. The van der Waals surface area contributed by atoms with Crippen molar-refractivity contribution in [1.82, 2.24) is 10.2 Å². The van der Waals surface area contributed by atoms with Crippen LogP contribution in [0.3, 0.4) is 0 Å². The highest BCUT2D eigenvalue weighted by Gasteiger charge is 2.29. The number of ether oxygens (including phenoxy) is 1. The normalized spacial score (nSPS) is 15.4. The van der Waals surface area contributed by atoms with Crippen LogP contribution in [0.5, 0.6) is 0 Å². The van der Waals surface area contributed by atoms with E-state index >= 15 is 0 Å². The van der Waals surface area contributed by atoms with E-state index in [1.807, 2.05) is 20.8 Å². The van der Waals surface area contributed by atoms with Crippen LogP contribution >= 0.6 is 0 Å². The lowest BCUT2D eigenvalue weighted by molar-refractivity contribution is -0.384. The van der Waals surface area contributed by atoms with Gasteiger partial charge in [-0.3, -0.25) is 14.9 Å². The largest absolute Gasteiger partial charge is 0.444 e. The van der Waals surface area contributed by atoms with Crippen LogP contribution in [0.25, 0.3) is 0 Å². The molecule has 2 rings (SSSR count).